The first-order chi connectivity index (χ1) is 15.5. The van der Waals surface area contributed by atoms with Crippen molar-refractivity contribution in [3.63, 3.8) is 0 Å². The quantitative estimate of drug-likeness (QED) is 0.766. The molecule has 0 unspecified atom stereocenters. The highest BCUT2D eigenvalue weighted by atomic mass is 19.1. The van der Waals surface area contributed by atoms with Crippen LogP contribution in [0.25, 0.3) is 0 Å². The number of amides is 3. The highest BCUT2D eigenvalue weighted by molar-refractivity contribution is 6.12. The van der Waals surface area contributed by atoms with E-state index in [0.717, 1.165) is 37.8 Å². The van der Waals surface area contributed by atoms with Crippen molar-refractivity contribution in [1.82, 2.24) is 5.32 Å². The van der Waals surface area contributed by atoms with Gasteiger partial charge in [0.05, 0.1) is 7.11 Å². The van der Waals surface area contributed by atoms with Crippen LogP contribution in [0.5, 0.6) is 0 Å². The maximum atomic E-state index is 14.1. The number of fused-ring (bicyclic) bond motifs is 1. The van der Waals surface area contributed by atoms with Crippen LogP contribution in [-0.2, 0) is 14.3 Å². The highest BCUT2D eigenvalue weighted by Gasteiger charge is 2.45. The smallest absolute Gasteiger partial charge is 0.407 e. The van der Waals surface area contributed by atoms with Gasteiger partial charge in [-0.3, -0.25) is 14.5 Å². The molecule has 0 spiro atoms. The Balaban J connectivity index is 1.75. The molecule has 32 heavy (non-hydrogen) atoms. The summed E-state index contributed by atoms with van der Waals surface area (Å²) in [4.78, 5) is 41.7. The van der Waals surface area contributed by atoms with Gasteiger partial charge in [-0.05, 0) is 37.1 Å². The lowest BCUT2D eigenvalue weighted by Crippen LogP contribution is -2.47. The SMILES string of the molecule is COC(=O)NCC(=O)N(c1cccc(F)c1)[C@@H]1C(=O)N(C2CCCCC2)c2ccccc21. The van der Waals surface area contributed by atoms with E-state index in [0.29, 0.717) is 5.56 Å². The van der Waals surface area contributed by atoms with Gasteiger partial charge in [0.25, 0.3) is 5.91 Å². The number of halogens is 1. The number of rotatable bonds is 5. The molecule has 1 aliphatic carbocycles. The molecule has 1 atom stereocenters. The van der Waals surface area contributed by atoms with Crippen molar-refractivity contribution in [3.05, 3.63) is 59.9 Å². The van der Waals surface area contributed by atoms with Crippen LogP contribution in [0.2, 0.25) is 0 Å². The zero-order valence-corrected chi connectivity index (χ0v) is 17.9. The van der Waals surface area contributed by atoms with Gasteiger partial charge < -0.3 is 15.0 Å². The molecule has 4 rings (SSSR count). The van der Waals surface area contributed by atoms with Crippen LogP contribution < -0.4 is 15.1 Å². The number of carbonyl (C=O) groups is 3. The molecule has 2 aromatic rings. The predicted octanol–water partition coefficient (Wildman–Crippen LogP) is 3.94. The summed E-state index contributed by atoms with van der Waals surface area (Å²) < 4.78 is 18.6. The largest absolute Gasteiger partial charge is 0.453 e. The number of hydrogen-bond donors (Lipinski definition) is 1. The van der Waals surface area contributed by atoms with Gasteiger partial charge in [0.15, 0.2) is 0 Å². The third-order valence-electron chi connectivity index (χ3n) is 6.08. The maximum absolute atomic E-state index is 14.1. The van der Waals surface area contributed by atoms with Crippen LogP contribution in [-0.4, -0.2) is 37.6 Å². The predicted molar refractivity (Wildman–Crippen MR) is 118 cm³/mol. The summed E-state index contributed by atoms with van der Waals surface area (Å²) in [5.74, 6) is -1.28. The Morgan fingerprint density at radius 2 is 1.88 bits per heavy atom. The molecule has 0 radical (unpaired) electrons. The van der Waals surface area contributed by atoms with Gasteiger partial charge in [0.1, 0.15) is 18.4 Å². The van der Waals surface area contributed by atoms with Gasteiger partial charge in [0, 0.05) is 23.0 Å². The first-order valence-corrected chi connectivity index (χ1v) is 10.8. The summed E-state index contributed by atoms with van der Waals surface area (Å²) in [7, 11) is 1.20. The molecule has 2 aromatic carbocycles. The van der Waals surface area contributed by atoms with Crippen molar-refractivity contribution >= 4 is 29.3 Å². The third kappa shape index (κ3) is 4.17. The molecule has 3 amide bonds. The van der Waals surface area contributed by atoms with E-state index in [-0.39, 0.29) is 17.6 Å². The van der Waals surface area contributed by atoms with Crippen molar-refractivity contribution in [2.75, 3.05) is 23.5 Å². The van der Waals surface area contributed by atoms with Crippen LogP contribution in [0.15, 0.2) is 48.5 Å². The van der Waals surface area contributed by atoms with Crippen LogP contribution in [0.4, 0.5) is 20.6 Å². The zero-order valence-electron chi connectivity index (χ0n) is 17.9. The van der Waals surface area contributed by atoms with E-state index < -0.39 is 30.4 Å². The number of anilines is 2. The van der Waals surface area contributed by atoms with E-state index in [1.165, 1.54) is 30.2 Å². The Morgan fingerprint density at radius 1 is 1.12 bits per heavy atom. The van der Waals surface area contributed by atoms with Gasteiger partial charge >= 0.3 is 6.09 Å². The second-order valence-corrected chi connectivity index (χ2v) is 8.05. The van der Waals surface area contributed by atoms with E-state index in [2.05, 4.69) is 10.1 Å². The Labute approximate surface area is 186 Å². The number of alkyl carbamates (subject to hydrolysis) is 1. The molecule has 168 valence electrons. The Morgan fingerprint density at radius 3 is 2.59 bits per heavy atom. The number of methoxy groups -OCH3 is 1. The maximum Gasteiger partial charge on any atom is 0.407 e. The molecule has 0 aromatic heterocycles. The van der Waals surface area contributed by atoms with Crippen LogP contribution in [0.1, 0.15) is 43.7 Å². The molecule has 7 nitrogen and oxygen atoms in total. The van der Waals surface area contributed by atoms with Crippen LogP contribution in [0.3, 0.4) is 0 Å². The van der Waals surface area contributed by atoms with E-state index in [1.807, 2.05) is 29.2 Å². The van der Waals surface area contributed by atoms with E-state index in [4.69, 9.17) is 0 Å². The first kappa shape index (κ1) is 21.8. The Hall–Kier alpha value is -3.42. The molecule has 2 aliphatic rings. The van der Waals surface area contributed by atoms with Gasteiger partial charge in [-0.2, -0.15) is 0 Å². The molecule has 0 saturated heterocycles. The zero-order chi connectivity index (χ0) is 22.7. The summed E-state index contributed by atoms with van der Waals surface area (Å²) in [6.07, 6.45) is 4.30. The minimum atomic E-state index is -0.943. The Kier molecular flexibility index (Phi) is 6.39. The molecule has 1 N–H and O–H groups in total. The minimum Gasteiger partial charge on any atom is -0.453 e. The summed E-state index contributed by atoms with van der Waals surface area (Å²) in [5.41, 5.74) is 1.73. The van der Waals surface area contributed by atoms with E-state index >= 15 is 0 Å². The third-order valence-corrected chi connectivity index (χ3v) is 6.08. The molecule has 1 heterocycles. The molecular weight excluding hydrogens is 413 g/mol. The van der Waals surface area contributed by atoms with Gasteiger partial charge in [0.2, 0.25) is 5.91 Å². The summed E-state index contributed by atoms with van der Waals surface area (Å²) in [6, 6.07) is 12.1. The number of benzene rings is 2. The monoisotopic (exact) mass is 439 g/mol. The lowest BCUT2D eigenvalue weighted by atomic mass is 9.94. The summed E-state index contributed by atoms with van der Waals surface area (Å²) >= 11 is 0. The summed E-state index contributed by atoms with van der Waals surface area (Å²) in [6.45, 7) is -0.390. The minimum absolute atomic E-state index is 0.0695. The molecule has 1 fully saturated rings. The lowest BCUT2D eigenvalue weighted by Gasteiger charge is -2.33. The molecule has 0 bridgehead atoms. The second-order valence-electron chi connectivity index (χ2n) is 8.05. The summed E-state index contributed by atoms with van der Waals surface area (Å²) in [5, 5.41) is 2.36. The number of carbonyl (C=O) groups excluding carboxylic acids is 3. The van der Waals surface area contributed by atoms with Crippen molar-refractivity contribution in [2.45, 2.75) is 44.2 Å². The fourth-order valence-electron chi connectivity index (χ4n) is 4.66. The number of nitrogens with one attached hydrogen (secondary N) is 1. The van der Waals surface area contributed by atoms with Crippen LogP contribution in [0, 0.1) is 5.82 Å². The first-order valence-electron chi connectivity index (χ1n) is 10.8. The lowest BCUT2D eigenvalue weighted by molar-refractivity contribution is -0.124. The average molecular weight is 439 g/mol. The number of hydrogen-bond acceptors (Lipinski definition) is 4. The van der Waals surface area contributed by atoms with Gasteiger partial charge in [-0.1, -0.05) is 43.5 Å². The van der Waals surface area contributed by atoms with Gasteiger partial charge in [-0.25, -0.2) is 9.18 Å². The standard InChI is InChI=1S/C24H26FN3O4/c1-32-24(31)26-15-21(29)28(18-11-7-8-16(25)14-18)22-19-12-5-6-13-20(19)27(23(22)30)17-9-3-2-4-10-17/h5-8,11-14,17,22H,2-4,9-10,15H2,1H3,(H,26,31)/t22-/m0/s1. The van der Waals surface area contributed by atoms with Crippen molar-refractivity contribution in [1.29, 1.82) is 0 Å². The molecule has 1 aliphatic heterocycles. The number of para-hydroxylation sites is 1. The number of nitrogens with zero attached hydrogens (tertiary/aromatic N) is 2. The fourth-order valence-corrected chi connectivity index (χ4v) is 4.66. The van der Waals surface area contributed by atoms with Crippen LogP contribution >= 0.6 is 0 Å². The van der Waals surface area contributed by atoms with Crippen molar-refractivity contribution < 1.29 is 23.5 Å². The fraction of sp³-hybridized carbons (Fsp3) is 0.375. The topological polar surface area (TPSA) is 79.0 Å². The van der Waals surface area contributed by atoms with Crippen molar-refractivity contribution in [2.24, 2.45) is 0 Å². The second kappa shape index (κ2) is 9.38. The Bertz CT molecular complexity index is 1020. The molecule has 8 heteroatoms. The van der Waals surface area contributed by atoms with Gasteiger partial charge in [-0.15, -0.1) is 0 Å². The molecule has 1 saturated carbocycles. The average Bonchev–Trinajstić information content (AvgIpc) is 3.10. The van der Waals surface area contributed by atoms with E-state index in [1.54, 1.807) is 6.07 Å². The highest BCUT2D eigenvalue weighted by Crippen LogP contribution is 2.44. The normalized spacial score (nSPS) is 18.2. The molecular formula is C24H26FN3O4. The van der Waals surface area contributed by atoms with Crippen molar-refractivity contribution in [3.8, 4) is 0 Å². The number of ether oxygens (including phenoxy) is 1. The van der Waals surface area contributed by atoms with E-state index in [9.17, 15) is 18.8 Å².